The molecule has 228 valence electrons. The molecule has 0 amide bonds. The second kappa shape index (κ2) is 11.1. The summed E-state index contributed by atoms with van der Waals surface area (Å²) in [7, 11) is 0. The van der Waals surface area contributed by atoms with Gasteiger partial charge in [-0.05, 0) is 107 Å². The van der Waals surface area contributed by atoms with Crippen molar-refractivity contribution in [1.29, 1.82) is 0 Å². The molecule has 49 heavy (non-hydrogen) atoms. The molecule has 0 spiro atoms. The highest BCUT2D eigenvalue weighted by Crippen LogP contribution is 2.47. The van der Waals surface area contributed by atoms with Crippen LogP contribution in [0.3, 0.4) is 0 Å². The van der Waals surface area contributed by atoms with Gasteiger partial charge in [0.1, 0.15) is 11.2 Å². The van der Waals surface area contributed by atoms with E-state index >= 15 is 0 Å². The number of benzene rings is 9. The molecule has 0 unspecified atom stereocenters. The lowest BCUT2D eigenvalue weighted by Gasteiger charge is -2.18. The summed E-state index contributed by atoms with van der Waals surface area (Å²) in [5.41, 5.74) is 3.68. The van der Waals surface area contributed by atoms with Crippen molar-refractivity contribution in [3.05, 3.63) is 182 Å². The predicted octanol–water partition coefficient (Wildman–Crippen LogP) is 13.7. The standard InChI is InChI=1S/C48H30O/c1-3-12-31(13-4-1)33-22-23-35-29-37(25-24-34(35)28-33)46-38-16-7-9-18-40(38)47(41-19-10-8-17-39(41)46)43-20-11-21-44-48(43)42-27-26-36(30-45(42)49-44)32-14-5-2-6-15-32/h1-30H/i2D,5D,6D,11D,14D,15D,20D,21D,26D,27D,30D. The van der Waals surface area contributed by atoms with Crippen LogP contribution < -0.4 is 0 Å². The Kier molecular flexibility index (Phi) is 4.25. The lowest BCUT2D eigenvalue weighted by Crippen LogP contribution is -1.91. The molecule has 0 saturated heterocycles. The number of furan rings is 1. The lowest BCUT2D eigenvalue weighted by atomic mass is 9.84. The SMILES string of the molecule is [2H]c1c([2H])c([2H])c(-c2c([2H])c([2H])c3c(oc4c([2H])c([2H])c([2H])c(-c5c6ccccc6c(-c6ccc7cc(-c8ccccc8)ccc7c6)c6ccccc56)c43)c2[2H])c([2H])c1[2H]. The molecule has 0 atom stereocenters. The average Bonchev–Trinajstić information content (AvgIpc) is 3.68. The van der Waals surface area contributed by atoms with E-state index in [2.05, 4.69) is 48.5 Å². The minimum Gasteiger partial charge on any atom is -0.456 e. The summed E-state index contributed by atoms with van der Waals surface area (Å²) in [6, 6.07) is 32.6. The summed E-state index contributed by atoms with van der Waals surface area (Å²) in [6.45, 7) is 0. The van der Waals surface area contributed by atoms with Crippen molar-refractivity contribution in [2.24, 2.45) is 0 Å². The van der Waals surface area contributed by atoms with Crippen LogP contribution in [0.15, 0.2) is 186 Å². The fourth-order valence-corrected chi connectivity index (χ4v) is 7.06. The van der Waals surface area contributed by atoms with Gasteiger partial charge in [0.15, 0.2) is 0 Å². The first-order chi connectivity index (χ1) is 28.9. The fraction of sp³-hybridized carbons (Fsp3) is 0. The number of fused-ring (bicyclic) bond motifs is 6. The van der Waals surface area contributed by atoms with Gasteiger partial charge in [-0.2, -0.15) is 0 Å². The maximum atomic E-state index is 9.47. The first kappa shape index (κ1) is 18.8. The van der Waals surface area contributed by atoms with Crippen LogP contribution in [0.1, 0.15) is 15.1 Å². The van der Waals surface area contributed by atoms with E-state index in [-0.39, 0.29) is 39.1 Å². The Balaban J connectivity index is 1.29. The molecular formula is C48H30O. The fourth-order valence-electron chi connectivity index (χ4n) is 7.06. The molecule has 10 rings (SSSR count). The van der Waals surface area contributed by atoms with Crippen LogP contribution in [-0.2, 0) is 0 Å². The van der Waals surface area contributed by atoms with Crippen molar-refractivity contribution in [3.8, 4) is 44.5 Å². The van der Waals surface area contributed by atoms with Gasteiger partial charge in [0.05, 0.1) is 15.1 Å². The van der Waals surface area contributed by atoms with Crippen molar-refractivity contribution >= 4 is 54.3 Å². The Morgan fingerprint density at radius 1 is 0.388 bits per heavy atom. The highest BCUT2D eigenvalue weighted by Gasteiger charge is 2.20. The van der Waals surface area contributed by atoms with E-state index in [4.69, 9.17) is 15.4 Å². The van der Waals surface area contributed by atoms with E-state index in [1.165, 1.54) is 0 Å². The van der Waals surface area contributed by atoms with Gasteiger partial charge in [0.25, 0.3) is 0 Å². The van der Waals surface area contributed by atoms with Gasteiger partial charge in [0, 0.05) is 10.8 Å². The molecule has 0 saturated carbocycles. The minimum absolute atomic E-state index is 0.0465. The molecule has 0 N–H and O–H groups in total. The zero-order chi connectivity index (χ0) is 41.9. The summed E-state index contributed by atoms with van der Waals surface area (Å²) >= 11 is 0. The molecule has 0 bridgehead atoms. The highest BCUT2D eigenvalue weighted by molar-refractivity contribution is 6.26. The van der Waals surface area contributed by atoms with Crippen LogP contribution in [0, 0.1) is 0 Å². The van der Waals surface area contributed by atoms with E-state index in [1.807, 2.05) is 66.7 Å². The summed E-state index contributed by atoms with van der Waals surface area (Å²) in [5.74, 6) is 0. The molecule has 1 nitrogen and oxygen atoms in total. The van der Waals surface area contributed by atoms with Crippen molar-refractivity contribution in [2.75, 3.05) is 0 Å². The molecular weight excluding hydrogens is 593 g/mol. The highest BCUT2D eigenvalue weighted by atomic mass is 16.3. The predicted molar refractivity (Wildman–Crippen MR) is 208 cm³/mol. The summed E-state index contributed by atoms with van der Waals surface area (Å²) < 4.78 is 103. The summed E-state index contributed by atoms with van der Waals surface area (Å²) in [5, 5.41) is 5.36. The van der Waals surface area contributed by atoms with E-state index in [9.17, 15) is 4.11 Å². The smallest absolute Gasteiger partial charge is 0.136 e. The Bertz CT molecular complexity index is 3420. The number of hydrogen-bond donors (Lipinski definition) is 0. The van der Waals surface area contributed by atoms with Crippen molar-refractivity contribution in [1.82, 2.24) is 0 Å². The average molecular weight is 634 g/mol. The topological polar surface area (TPSA) is 13.1 Å². The largest absolute Gasteiger partial charge is 0.456 e. The Morgan fingerprint density at radius 2 is 1.02 bits per heavy atom. The van der Waals surface area contributed by atoms with E-state index in [1.54, 1.807) is 0 Å². The molecule has 0 aliphatic heterocycles. The van der Waals surface area contributed by atoms with Crippen molar-refractivity contribution < 1.29 is 19.5 Å². The van der Waals surface area contributed by atoms with Crippen molar-refractivity contribution in [2.45, 2.75) is 0 Å². The second-order valence-electron chi connectivity index (χ2n) is 12.0. The molecule has 0 radical (unpaired) electrons. The quantitative estimate of drug-likeness (QED) is 0.176. The molecule has 1 heterocycles. The van der Waals surface area contributed by atoms with Crippen LogP contribution in [0.5, 0.6) is 0 Å². The molecule has 10 aromatic rings. The molecule has 0 aliphatic carbocycles. The monoisotopic (exact) mass is 633 g/mol. The molecule has 1 heteroatoms. The first-order valence-electron chi connectivity index (χ1n) is 21.4. The van der Waals surface area contributed by atoms with Gasteiger partial charge < -0.3 is 4.42 Å². The van der Waals surface area contributed by atoms with Crippen molar-refractivity contribution in [3.63, 3.8) is 0 Å². The van der Waals surface area contributed by atoms with Gasteiger partial charge in [-0.1, -0.05) is 151 Å². The normalized spacial score (nSPS) is 14.8. The van der Waals surface area contributed by atoms with E-state index < -0.39 is 66.0 Å². The Labute approximate surface area is 299 Å². The molecule has 0 fully saturated rings. The lowest BCUT2D eigenvalue weighted by molar-refractivity contribution is 0.669. The Hall–Kier alpha value is -6.44. The molecule has 0 aliphatic rings. The van der Waals surface area contributed by atoms with Gasteiger partial charge >= 0.3 is 0 Å². The van der Waals surface area contributed by atoms with Gasteiger partial charge in [-0.15, -0.1) is 0 Å². The maximum absolute atomic E-state index is 9.47. The summed E-state index contributed by atoms with van der Waals surface area (Å²) in [4.78, 5) is 0. The van der Waals surface area contributed by atoms with Crippen LogP contribution in [-0.4, -0.2) is 0 Å². The van der Waals surface area contributed by atoms with Crippen LogP contribution in [0.2, 0.25) is 0 Å². The van der Waals surface area contributed by atoms with Crippen LogP contribution in [0.4, 0.5) is 0 Å². The van der Waals surface area contributed by atoms with Gasteiger partial charge in [-0.25, -0.2) is 0 Å². The zero-order valence-electron chi connectivity index (χ0n) is 36.9. The first-order valence-corrected chi connectivity index (χ1v) is 15.9. The minimum atomic E-state index is -0.655. The van der Waals surface area contributed by atoms with Gasteiger partial charge in [0.2, 0.25) is 0 Å². The third-order valence-corrected chi connectivity index (χ3v) is 9.24. The third kappa shape index (κ3) is 4.47. The number of rotatable bonds is 4. The van der Waals surface area contributed by atoms with E-state index in [0.717, 1.165) is 54.6 Å². The van der Waals surface area contributed by atoms with E-state index in [0.29, 0.717) is 5.56 Å². The van der Waals surface area contributed by atoms with Gasteiger partial charge in [-0.3, -0.25) is 0 Å². The molecule has 9 aromatic carbocycles. The second-order valence-corrected chi connectivity index (χ2v) is 12.0. The number of hydrogen-bond acceptors (Lipinski definition) is 1. The zero-order valence-corrected chi connectivity index (χ0v) is 25.9. The summed E-state index contributed by atoms with van der Waals surface area (Å²) in [6.07, 6.45) is 0. The Morgan fingerprint density at radius 3 is 1.73 bits per heavy atom. The maximum Gasteiger partial charge on any atom is 0.136 e. The third-order valence-electron chi connectivity index (χ3n) is 9.24. The van der Waals surface area contributed by atoms with Crippen LogP contribution in [0.25, 0.3) is 98.8 Å². The van der Waals surface area contributed by atoms with Crippen LogP contribution >= 0.6 is 0 Å². The molecule has 1 aromatic heterocycles.